The van der Waals surface area contributed by atoms with Crippen LogP contribution in [-0.2, 0) is 9.53 Å². The van der Waals surface area contributed by atoms with Gasteiger partial charge in [0.1, 0.15) is 0 Å². The highest BCUT2D eigenvalue weighted by Gasteiger charge is 2.30. The topological polar surface area (TPSA) is 55.6 Å². The predicted molar refractivity (Wildman–Crippen MR) is 45.7 cm³/mol. The highest BCUT2D eigenvalue weighted by Crippen LogP contribution is 2.17. The van der Waals surface area contributed by atoms with E-state index in [1.807, 2.05) is 0 Å². The molecule has 0 aromatic heterocycles. The number of hydrogen-bond donors (Lipinski definition) is 1. The Morgan fingerprint density at radius 1 is 1.67 bits per heavy atom. The van der Waals surface area contributed by atoms with Crippen LogP contribution in [0.3, 0.4) is 0 Å². The number of rotatable bonds is 2. The van der Waals surface area contributed by atoms with E-state index in [0.29, 0.717) is 19.8 Å². The van der Waals surface area contributed by atoms with E-state index < -0.39 is 0 Å². The lowest BCUT2D eigenvalue weighted by atomic mass is 10.0. The van der Waals surface area contributed by atoms with E-state index in [2.05, 4.69) is 18.7 Å². The fraction of sp³-hybridized carbons (Fsp3) is 0.875. The van der Waals surface area contributed by atoms with Gasteiger partial charge in [-0.3, -0.25) is 9.69 Å². The van der Waals surface area contributed by atoms with Gasteiger partial charge in [-0.05, 0) is 13.8 Å². The zero-order valence-electron chi connectivity index (χ0n) is 7.67. The molecule has 1 saturated heterocycles. The van der Waals surface area contributed by atoms with E-state index in [1.54, 1.807) is 0 Å². The monoisotopic (exact) mass is 172 g/mol. The third-order valence-electron chi connectivity index (χ3n) is 2.16. The first-order chi connectivity index (χ1) is 5.52. The van der Waals surface area contributed by atoms with E-state index in [4.69, 9.17) is 10.5 Å². The van der Waals surface area contributed by atoms with Gasteiger partial charge in [0.15, 0.2) is 0 Å². The van der Waals surface area contributed by atoms with Crippen LogP contribution in [0.15, 0.2) is 0 Å². The zero-order chi connectivity index (χ0) is 9.19. The molecule has 0 atom stereocenters. The highest BCUT2D eigenvalue weighted by molar-refractivity contribution is 5.76. The molecule has 1 fully saturated rings. The molecule has 1 amide bonds. The number of carbonyl (C=O) groups excluding carboxylic acids is 1. The molecule has 0 bridgehead atoms. The van der Waals surface area contributed by atoms with Crippen molar-refractivity contribution in [3.05, 3.63) is 0 Å². The van der Waals surface area contributed by atoms with Crippen LogP contribution in [0, 0.1) is 0 Å². The van der Waals surface area contributed by atoms with Crippen LogP contribution >= 0.6 is 0 Å². The summed E-state index contributed by atoms with van der Waals surface area (Å²) in [7, 11) is 0. The van der Waals surface area contributed by atoms with Crippen molar-refractivity contribution in [1.29, 1.82) is 0 Å². The Bertz CT molecular complexity index is 180. The van der Waals surface area contributed by atoms with E-state index in [-0.39, 0.29) is 11.4 Å². The van der Waals surface area contributed by atoms with Gasteiger partial charge in [-0.2, -0.15) is 0 Å². The van der Waals surface area contributed by atoms with E-state index >= 15 is 0 Å². The minimum absolute atomic E-state index is 0.0622. The molecule has 0 spiro atoms. The van der Waals surface area contributed by atoms with E-state index in [1.165, 1.54) is 0 Å². The van der Waals surface area contributed by atoms with Crippen molar-refractivity contribution in [2.45, 2.75) is 19.4 Å². The Kier molecular flexibility index (Phi) is 2.69. The summed E-state index contributed by atoms with van der Waals surface area (Å²) in [6.07, 6.45) is 0. The maximum atomic E-state index is 10.7. The molecular weight excluding hydrogens is 156 g/mol. The van der Waals surface area contributed by atoms with Crippen LogP contribution < -0.4 is 5.73 Å². The van der Waals surface area contributed by atoms with E-state index in [0.717, 1.165) is 6.54 Å². The van der Waals surface area contributed by atoms with Gasteiger partial charge in [-0.1, -0.05) is 0 Å². The lowest BCUT2D eigenvalue weighted by molar-refractivity contribution is -0.124. The van der Waals surface area contributed by atoms with Crippen molar-refractivity contribution in [2.75, 3.05) is 26.3 Å². The number of ether oxygens (including phenoxy) is 1. The molecule has 0 saturated carbocycles. The van der Waals surface area contributed by atoms with Crippen LogP contribution in [0.1, 0.15) is 13.8 Å². The lowest BCUT2D eigenvalue weighted by Crippen LogP contribution is -2.55. The highest BCUT2D eigenvalue weighted by atomic mass is 16.5. The fourth-order valence-electron chi connectivity index (χ4n) is 1.37. The Morgan fingerprint density at radius 3 is 2.83 bits per heavy atom. The molecule has 0 aliphatic carbocycles. The number of primary amides is 1. The van der Waals surface area contributed by atoms with Crippen molar-refractivity contribution in [3.8, 4) is 0 Å². The second kappa shape index (κ2) is 3.41. The molecule has 0 radical (unpaired) electrons. The summed E-state index contributed by atoms with van der Waals surface area (Å²) < 4.78 is 5.30. The van der Waals surface area contributed by atoms with Crippen LogP contribution in [0.25, 0.3) is 0 Å². The zero-order valence-corrected chi connectivity index (χ0v) is 7.67. The smallest absolute Gasteiger partial charge is 0.231 e. The average Bonchev–Trinajstić information content (AvgIpc) is 1.92. The summed E-state index contributed by atoms with van der Waals surface area (Å²) in [5.74, 6) is -0.273. The Balaban J connectivity index is 2.54. The van der Waals surface area contributed by atoms with Crippen LogP contribution in [-0.4, -0.2) is 42.6 Å². The first kappa shape index (κ1) is 9.48. The van der Waals surface area contributed by atoms with Gasteiger partial charge < -0.3 is 10.5 Å². The van der Waals surface area contributed by atoms with Gasteiger partial charge in [0, 0.05) is 12.1 Å². The van der Waals surface area contributed by atoms with Gasteiger partial charge in [0.25, 0.3) is 0 Å². The number of nitrogens with two attached hydrogens (primary N) is 1. The summed E-state index contributed by atoms with van der Waals surface area (Å²) in [6, 6.07) is 0. The van der Waals surface area contributed by atoms with Crippen molar-refractivity contribution >= 4 is 5.91 Å². The Hall–Kier alpha value is -0.610. The Labute approximate surface area is 72.7 Å². The van der Waals surface area contributed by atoms with Gasteiger partial charge in [0.05, 0.1) is 19.8 Å². The molecule has 0 aromatic carbocycles. The second-order valence-electron chi connectivity index (χ2n) is 3.75. The normalized spacial score (nSPS) is 23.8. The van der Waals surface area contributed by atoms with Gasteiger partial charge in [-0.15, -0.1) is 0 Å². The van der Waals surface area contributed by atoms with Crippen molar-refractivity contribution in [1.82, 2.24) is 4.90 Å². The second-order valence-corrected chi connectivity index (χ2v) is 3.75. The van der Waals surface area contributed by atoms with Gasteiger partial charge >= 0.3 is 0 Å². The van der Waals surface area contributed by atoms with Crippen molar-refractivity contribution in [3.63, 3.8) is 0 Å². The number of amides is 1. The Morgan fingerprint density at radius 2 is 2.33 bits per heavy atom. The third kappa shape index (κ3) is 2.19. The number of nitrogens with zero attached hydrogens (tertiary/aromatic N) is 1. The standard InChI is InChI=1S/C8H16N2O2/c1-8(2)6-12-4-3-10(8)5-7(9)11/h3-6H2,1-2H3,(H2,9,11). The minimum atomic E-state index is -0.273. The van der Waals surface area contributed by atoms with Gasteiger partial charge in [-0.25, -0.2) is 0 Å². The molecule has 12 heavy (non-hydrogen) atoms. The first-order valence-electron chi connectivity index (χ1n) is 4.13. The molecular formula is C8H16N2O2. The summed E-state index contributed by atoms with van der Waals surface area (Å²) >= 11 is 0. The van der Waals surface area contributed by atoms with Crippen LogP contribution in [0.5, 0.6) is 0 Å². The van der Waals surface area contributed by atoms with Crippen LogP contribution in [0.4, 0.5) is 0 Å². The molecule has 4 heteroatoms. The number of hydrogen-bond acceptors (Lipinski definition) is 3. The van der Waals surface area contributed by atoms with Crippen molar-refractivity contribution < 1.29 is 9.53 Å². The maximum Gasteiger partial charge on any atom is 0.231 e. The predicted octanol–water partition coefficient (Wildman–Crippen LogP) is -0.417. The largest absolute Gasteiger partial charge is 0.378 e. The summed E-state index contributed by atoms with van der Waals surface area (Å²) in [5, 5.41) is 0. The third-order valence-corrected chi connectivity index (χ3v) is 2.16. The minimum Gasteiger partial charge on any atom is -0.378 e. The SMILES string of the molecule is CC1(C)COCCN1CC(N)=O. The maximum absolute atomic E-state index is 10.7. The number of morpholine rings is 1. The molecule has 0 aromatic rings. The molecule has 2 N–H and O–H groups in total. The summed E-state index contributed by atoms with van der Waals surface area (Å²) in [5.41, 5.74) is 5.06. The van der Waals surface area contributed by atoms with Crippen LogP contribution in [0.2, 0.25) is 0 Å². The summed E-state index contributed by atoms with van der Waals surface area (Å²) in [4.78, 5) is 12.7. The lowest BCUT2D eigenvalue weighted by Gasteiger charge is -2.41. The van der Waals surface area contributed by atoms with Gasteiger partial charge in [0.2, 0.25) is 5.91 Å². The quantitative estimate of drug-likeness (QED) is 0.615. The summed E-state index contributed by atoms with van der Waals surface area (Å²) in [6.45, 7) is 6.58. The molecule has 0 unspecified atom stereocenters. The molecule has 1 heterocycles. The van der Waals surface area contributed by atoms with E-state index in [9.17, 15) is 4.79 Å². The average molecular weight is 172 g/mol. The molecule has 70 valence electrons. The first-order valence-corrected chi connectivity index (χ1v) is 4.13. The number of carbonyl (C=O) groups is 1. The molecule has 1 aliphatic rings. The molecule has 4 nitrogen and oxygen atoms in total. The molecule has 1 rings (SSSR count). The van der Waals surface area contributed by atoms with Crippen molar-refractivity contribution in [2.24, 2.45) is 5.73 Å². The molecule has 1 aliphatic heterocycles. The fourth-order valence-corrected chi connectivity index (χ4v) is 1.37.